The van der Waals surface area contributed by atoms with Crippen molar-refractivity contribution in [3.05, 3.63) is 194 Å². The number of hydrogen-bond donors (Lipinski definition) is 0. The Hall–Kier alpha value is -7.43. The van der Waals surface area contributed by atoms with Crippen LogP contribution in [0.2, 0.25) is 0 Å². The van der Waals surface area contributed by atoms with Gasteiger partial charge in [-0.15, -0.1) is 0 Å². The minimum Gasteiger partial charge on any atom is -0.308 e. The summed E-state index contributed by atoms with van der Waals surface area (Å²) in [5, 5.41) is 9.41. The summed E-state index contributed by atoms with van der Waals surface area (Å²) >= 11 is 0. The van der Waals surface area contributed by atoms with Crippen LogP contribution in [0.1, 0.15) is 0 Å². The van der Waals surface area contributed by atoms with Gasteiger partial charge in [-0.1, -0.05) is 158 Å². The van der Waals surface area contributed by atoms with Gasteiger partial charge in [0.1, 0.15) is 0 Å². The van der Waals surface area contributed by atoms with E-state index in [-0.39, 0.29) is 0 Å². The lowest BCUT2D eigenvalue weighted by molar-refractivity contribution is 1.07. The Bertz CT molecular complexity index is 3250. The second-order valence-corrected chi connectivity index (χ2v) is 14.1. The van der Waals surface area contributed by atoms with Gasteiger partial charge in [0.15, 0.2) is 17.5 Å². The number of hydrogen-bond acceptors (Lipinski definition) is 3. The molecule has 4 heteroatoms. The maximum atomic E-state index is 5.32. The van der Waals surface area contributed by atoms with Gasteiger partial charge in [0.05, 0.1) is 16.7 Å². The van der Waals surface area contributed by atoms with Gasteiger partial charge in [-0.3, -0.25) is 0 Å². The quantitative estimate of drug-likeness (QED) is 0.179. The van der Waals surface area contributed by atoms with E-state index in [0.717, 1.165) is 55.1 Å². The average molecular weight is 701 g/mol. The molecule has 0 amide bonds. The Balaban J connectivity index is 1.19. The molecule has 2 aromatic heterocycles. The molecule has 0 unspecified atom stereocenters. The van der Waals surface area contributed by atoms with E-state index in [2.05, 4.69) is 193 Å². The van der Waals surface area contributed by atoms with E-state index < -0.39 is 0 Å². The number of rotatable bonds is 5. The standard InChI is InChI=1S/C51H32N4/c1-2-12-33(13-3-1)35-22-25-36(26-23-35)49-52-50(42-27-24-34-14-4-5-15-37(34)28-42)54-51(53-49)45-30-39-17-7-9-19-41(39)32-48(45)55-46-21-11-10-20-43(46)44-29-38-16-6-8-18-40(38)31-47(44)55/h1-32H. The van der Waals surface area contributed by atoms with E-state index in [9.17, 15) is 0 Å². The molecule has 9 aromatic carbocycles. The van der Waals surface area contributed by atoms with Crippen LogP contribution in [0.3, 0.4) is 0 Å². The summed E-state index contributed by atoms with van der Waals surface area (Å²) in [6.07, 6.45) is 0. The van der Waals surface area contributed by atoms with Crippen molar-refractivity contribution in [1.29, 1.82) is 0 Å². The Morgan fingerprint density at radius 1 is 0.291 bits per heavy atom. The van der Waals surface area contributed by atoms with Crippen molar-refractivity contribution in [3.63, 3.8) is 0 Å². The fourth-order valence-corrected chi connectivity index (χ4v) is 8.03. The van der Waals surface area contributed by atoms with Crippen LogP contribution in [0.25, 0.3) is 105 Å². The lowest BCUT2D eigenvalue weighted by atomic mass is 10.0. The summed E-state index contributed by atoms with van der Waals surface area (Å²) in [7, 11) is 0. The Morgan fingerprint density at radius 2 is 0.800 bits per heavy atom. The average Bonchev–Trinajstić information content (AvgIpc) is 3.58. The van der Waals surface area contributed by atoms with Gasteiger partial charge in [0, 0.05) is 27.5 Å². The highest BCUT2D eigenvalue weighted by Gasteiger charge is 2.21. The van der Waals surface area contributed by atoms with E-state index in [1.54, 1.807) is 0 Å². The first-order valence-electron chi connectivity index (χ1n) is 18.6. The molecule has 0 fully saturated rings. The summed E-state index contributed by atoms with van der Waals surface area (Å²) in [6, 6.07) is 68.8. The zero-order valence-electron chi connectivity index (χ0n) is 29.8. The SMILES string of the molecule is c1ccc(-c2ccc(-c3nc(-c4ccc5ccccc5c4)nc(-c4cc5ccccc5cc4-n4c5ccccc5c5cc6ccccc6cc54)n3)cc2)cc1. The molecule has 0 aliphatic rings. The minimum atomic E-state index is 0.618. The second kappa shape index (κ2) is 12.6. The maximum Gasteiger partial charge on any atom is 0.166 e. The fourth-order valence-electron chi connectivity index (χ4n) is 8.03. The monoisotopic (exact) mass is 700 g/mol. The minimum absolute atomic E-state index is 0.618. The molecular weight excluding hydrogens is 669 g/mol. The van der Waals surface area contributed by atoms with Crippen molar-refractivity contribution >= 4 is 54.1 Å². The summed E-state index contributed by atoms with van der Waals surface area (Å²) in [6.45, 7) is 0. The van der Waals surface area contributed by atoms with E-state index in [1.807, 2.05) is 6.07 Å². The van der Waals surface area contributed by atoms with Crippen molar-refractivity contribution in [1.82, 2.24) is 19.5 Å². The number of benzene rings is 9. The number of aromatic nitrogens is 4. The van der Waals surface area contributed by atoms with Gasteiger partial charge in [-0.2, -0.15) is 0 Å². The summed E-state index contributed by atoms with van der Waals surface area (Å²) in [5.74, 6) is 1.87. The number of fused-ring (bicyclic) bond motifs is 6. The van der Waals surface area contributed by atoms with Crippen molar-refractivity contribution in [2.24, 2.45) is 0 Å². The van der Waals surface area contributed by atoms with E-state index in [1.165, 1.54) is 32.5 Å². The zero-order chi connectivity index (χ0) is 36.3. The smallest absolute Gasteiger partial charge is 0.166 e. The lowest BCUT2D eigenvalue weighted by Gasteiger charge is -2.16. The van der Waals surface area contributed by atoms with Crippen molar-refractivity contribution in [2.75, 3.05) is 0 Å². The van der Waals surface area contributed by atoms with Gasteiger partial charge < -0.3 is 4.57 Å². The van der Waals surface area contributed by atoms with Crippen LogP contribution in [0, 0.1) is 0 Å². The molecule has 0 N–H and O–H groups in total. The molecule has 4 nitrogen and oxygen atoms in total. The molecule has 0 bridgehead atoms. The highest BCUT2D eigenvalue weighted by molar-refractivity contribution is 6.14. The normalized spacial score (nSPS) is 11.6. The molecule has 11 aromatic rings. The molecule has 55 heavy (non-hydrogen) atoms. The van der Waals surface area contributed by atoms with Crippen LogP contribution in [0.15, 0.2) is 194 Å². The Morgan fingerprint density at radius 3 is 1.55 bits per heavy atom. The van der Waals surface area contributed by atoms with Gasteiger partial charge in [-0.25, -0.2) is 15.0 Å². The van der Waals surface area contributed by atoms with Gasteiger partial charge >= 0.3 is 0 Å². The second-order valence-electron chi connectivity index (χ2n) is 14.1. The summed E-state index contributed by atoms with van der Waals surface area (Å²) in [5.41, 5.74) is 8.39. The van der Waals surface area contributed by atoms with Crippen LogP contribution < -0.4 is 0 Å². The van der Waals surface area contributed by atoms with Gasteiger partial charge in [-0.05, 0) is 79.8 Å². The Kier molecular flexibility index (Phi) is 7.14. The van der Waals surface area contributed by atoms with E-state index in [0.29, 0.717) is 17.5 Å². The predicted octanol–water partition coefficient (Wildman–Crippen LogP) is 13.1. The third-order valence-electron chi connectivity index (χ3n) is 10.8. The highest BCUT2D eigenvalue weighted by Crippen LogP contribution is 2.40. The zero-order valence-corrected chi connectivity index (χ0v) is 29.8. The number of para-hydroxylation sites is 1. The molecule has 0 spiro atoms. The molecule has 0 saturated carbocycles. The van der Waals surface area contributed by atoms with E-state index in [4.69, 9.17) is 15.0 Å². The van der Waals surface area contributed by atoms with Crippen molar-refractivity contribution in [3.8, 4) is 51.0 Å². The molecule has 0 radical (unpaired) electrons. The molecule has 2 heterocycles. The highest BCUT2D eigenvalue weighted by atomic mass is 15.1. The molecule has 0 atom stereocenters. The van der Waals surface area contributed by atoms with Crippen LogP contribution in [-0.4, -0.2) is 19.5 Å². The molecule has 0 aliphatic carbocycles. The number of nitrogens with zero attached hydrogens (tertiary/aromatic N) is 4. The molecule has 0 saturated heterocycles. The molecule has 0 aliphatic heterocycles. The van der Waals surface area contributed by atoms with E-state index >= 15 is 0 Å². The third kappa shape index (κ3) is 5.34. The largest absolute Gasteiger partial charge is 0.308 e. The van der Waals surface area contributed by atoms with Crippen molar-refractivity contribution < 1.29 is 0 Å². The third-order valence-corrected chi connectivity index (χ3v) is 10.8. The molecular formula is C51H32N4. The van der Waals surface area contributed by atoms with Crippen LogP contribution >= 0.6 is 0 Å². The van der Waals surface area contributed by atoms with Crippen LogP contribution in [0.4, 0.5) is 0 Å². The first kappa shape index (κ1) is 31.1. The molecule has 11 rings (SSSR count). The topological polar surface area (TPSA) is 43.6 Å². The van der Waals surface area contributed by atoms with Crippen LogP contribution in [-0.2, 0) is 0 Å². The molecule has 256 valence electrons. The first-order chi connectivity index (χ1) is 27.2. The lowest BCUT2D eigenvalue weighted by Crippen LogP contribution is -2.04. The summed E-state index contributed by atoms with van der Waals surface area (Å²) in [4.78, 5) is 15.8. The maximum absolute atomic E-state index is 5.32. The predicted molar refractivity (Wildman–Crippen MR) is 228 cm³/mol. The van der Waals surface area contributed by atoms with Crippen molar-refractivity contribution in [2.45, 2.75) is 0 Å². The fraction of sp³-hybridized carbons (Fsp3) is 0. The Labute approximate surface area is 317 Å². The van der Waals surface area contributed by atoms with Crippen LogP contribution in [0.5, 0.6) is 0 Å². The van der Waals surface area contributed by atoms with Gasteiger partial charge in [0.25, 0.3) is 0 Å². The first-order valence-corrected chi connectivity index (χ1v) is 18.6. The summed E-state index contributed by atoms with van der Waals surface area (Å²) < 4.78 is 2.40. The van der Waals surface area contributed by atoms with Gasteiger partial charge in [0.2, 0.25) is 0 Å².